The number of nitrogens with zero attached hydrogens (tertiary/aromatic N) is 4. The molecule has 1 aliphatic rings. The second kappa shape index (κ2) is 5.06. The van der Waals surface area contributed by atoms with Crippen molar-refractivity contribution in [3.63, 3.8) is 0 Å². The fourth-order valence-corrected chi connectivity index (χ4v) is 2.40. The van der Waals surface area contributed by atoms with Gasteiger partial charge < -0.3 is 15.5 Å². The van der Waals surface area contributed by atoms with Gasteiger partial charge in [0.25, 0.3) is 0 Å². The summed E-state index contributed by atoms with van der Waals surface area (Å²) in [6.45, 7) is 2.18. The third-order valence-electron chi connectivity index (χ3n) is 3.25. The molecule has 0 aromatic carbocycles. The minimum absolute atomic E-state index is 0.241. The third kappa shape index (κ3) is 2.79. The van der Waals surface area contributed by atoms with Crippen molar-refractivity contribution in [2.45, 2.75) is 18.9 Å². The molecule has 2 N–H and O–H groups in total. The molecule has 1 saturated heterocycles. The van der Waals surface area contributed by atoms with Crippen LogP contribution in [0.5, 0.6) is 0 Å². The molecule has 1 aromatic rings. The number of aromatic nitrogens is 2. The minimum atomic E-state index is 0.241. The molecule has 0 aliphatic carbocycles. The highest BCUT2D eigenvalue weighted by atomic mass is 35.5. The maximum absolute atomic E-state index is 5.89. The Morgan fingerprint density at radius 3 is 3.06 bits per heavy atom. The molecule has 0 amide bonds. The Hall–Kier alpha value is -1.07. The minimum Gasteiger partial charge on any atom is -0.394 e. The molecule has 1 aliphatic heterocycles. The Morgan fingerprint density at radius 2 is 2.35 bits per heavy atom. The van der Waals surface area contributed by atoms with Crippen molar-refractivity contribution in [3.8, 4) is 0 Å². The molecular formula is C11H18ClN5. The highest BCUT2D eigenvalue weighted by molar-refractivity contribution is 6.28. The van der Waals surface area contributed by atoms with Crippen LogP contribution in [0, 0.1) is 0 Å². The van der Waals surface area contributed by atoms with Gasteiger partial charge >= 0.3 is 0 Å². The molecule has 0 saturated carbocycles. The third-order valence-corrected chi connectivity index (χ3v) is 3.43. The van der Waals surface area contributed by atoms with Crippen molar-refractivity contribution in [1.29, 1.82) is 0 Å². The summed E-state index contributed by atoms with van der Waals surface area (Å²) in [5, 5.41) is 0.241. The number of nitrogens with two attached hydrogens (primary N) is 1. The molecule has 1 fully saturated rings. The van der Waals surface area contributed by atoms with Crippen LogP contribution in [0.2, 0.25) is 5.28 Å². The van der Waals surface area contributed by atoms with E-state index in [4.69, 9.17) is 17.3 Å². The average molecular weight is 256 g/mol. The molecule has 1 aromatic heterocycles. The maximum Gasteiger partial charge on any atom is 0.224 e. The number of likely N-dealkylation sites (N-methyl/N-ethyl adjacent to an activating group) is 2. The maximum atomic E-state index is 5.89. The second-order valence-corrected chi connectivity index (χ2v) is 4.93. The summed E-state index contributed by atoms with van der Waals surface area (Å²) in [6.07, 6.45) is 3.92. The van der Waals surface area contributed by atoms with E-state index in [1.807, 2.05) is 7.05 Å². The number of likely N-dealkylation sites (tertiary alicyclic amines) is 1. The molecule has 2 heterocycles. The van der Waals surface area contributed by atoms with Gasteiger partial charge in [-0.3, -0.25) is 0 Å². The highest BCUT2D eigenvalue weighted by Gasteiger charge is 2.23. The second-order valence-electron chi connectivity index (χ2n) is 4.59. The van der Waals surface area contributed by atoms with Crippen molar-refractivity contribution >= 4 is 23.1 Å². The topological polar surface area (TPSA) is 58.3 Å². The number of nitrogen functional groups attached to an aromatic ring is 1. The molecule has 94 valence electrons. The summed E-state index contributed by atoms with van der Waals surface area (Å²) in [6, 6.07) is 0.432. The fraction of sp³-hybridized carbons (Fsp3) is 0.636. The number of hydrogen-bond donors (Lipinski definition) is 1. The fourth-order valence-electron chi connectivity index (χ4n) is 2.27. The molecule has 0 spiro atoms. The van der Waals surface area contributed by atoms with Crippen LogP contribution in [0.4, 0.5) is 11.5 Å². The SMILES string of the molecule is CN1CCCC(N(C)c2nc(Cl)ncc2N)C1. The van der Waals surface area contributed by atoms with Gasteiger partial charge in [0.2, 0.25) is 5.28 Å². The Morgan fingerprint density at radius 1 is 1.59 bits per heavy atom. The van der Waals surface area contributed by atoms with Gasteiger partial charge in [-0.1, -0.05) is 0 Å². The number of rotatable bonds is 2. The zero-order chi connectivity index (χ0) is 12.4. The van der Waals surface area contributed by atoms with Gasteiger partial charge in [-0.05, 0) is 38.0 Å². The van der Waals surface area contributed by atoms with E-state index in [1.165, 1.54) is 6.42 Å². The van der Waals surface area contributed by atoms with E-state index in [-0.39, 0.29) is 5.28 Å². The predicted molar refractivity (Wildman–Crippen MR) is 70.4 cm³/mol. The van der Waals surface area contributed by atoms with Crippen LogP contribution >= 0.6 is 11.6 Å². The molecule has 1 unspecified atom stereocenters. The van der Waals surface area contributed by atoms with E-state index in [2.05, 4.69) is 26.8 Å². The van der Waals surface area contributed by atoms with E-state index in [0.717, 1.165) is 25.3 Å². The zero-order valence-corrected chi connectivity index (χ0v) is 11.0. The normalized spacial score (nSPS) is 21.5. The summed E-state index contributed by atoms with van der Waals surface area (Å²) in [5.41, 5.74) is 6.47. The standard InChI is InChI=1S/C11H18ClN5/c1-16-5-3-4-8(7-16)17(2)10-9(13)6-14-11(12)15-10/h6,8H,3-5,7,13H2,1-2H3. The smallest absolute Gasteiger partial charge is 0.224 e. The Labute approximate surface area is 107 Å². The van der Waals surface area contributed by atoms with Crippen LogP contribution in [-0.2, 0) is 0 Å². The van der Waals surface area contributed by atoms with Gasteiger partial charge in [-0.25, -0.2) is 4.98 Å². The lowest BCUT2D eigenvalue weighted by atomic mass is 10.1. The summed E-state index contributed by atoms with van der Waals surface area (Å²) >= 11 is 5.81. The van der Waals surface area contributed by atoms with Crippen LogP contribution < -0.4 is 10.6 Å². The van der Waals surface area contributed by atoms with Crippen LogP contribution in [0.1, 0.15) is 12.8 Å². The van der Waals surface area contributed by atoms with Gasteiger partial charge in [0.1, 0.15) is 0 Å². The van der Waals surface area contributed by atoms with E-state index in [0.29, 0.717) is 11.7 Å². The lowest BCUT2D eigenvalue weighted by Crippen LogP contribution is -2.45. The largest absolute Gasteiger partial charge is 0.394 e. The van der Waals surface area contributed by atoms with Crippen LogP contribution in [0.15, 0.2) is 6.20 Å². The molecule has 6 heteroatoms. The first-order chi connectivity index (χ1) is 8.08. The van der Waals surface area contributed by atoms with Gasteiger partial charge in [0.15, 0.2) is 5.82 Å². The summed E-state index contributed by atoms with van der Waals surface area (Å²) in [4.78, 5) is 12.5. The number of anilines is 2. The average Bonchev–Trinajstić information content (AvgIpc) is 2.31. The quantitative estimate of drug-likeness (QED) is 0.806. The first kappa shape index (κ1) is 12.4. The lowest BCUT2D eigenvalue weighted by Gasteiger charge is -2.36. The lowest BCUT2D eigenvalue weighted by molar-refractivity contribution is 0.247. The van der Waals surface area contributed by atoms with Crippen LogP contribution in [0.25, 0.3) is 0 Å². The van der Waals surface area contributed by atoms with Crippen molar-refractivity contribution < 1.29 is 0 Å². The summed E-state index contributed by atoms with van der Waals surface area (Å²) in [5.74, 6) is 0.727. The predicted octanol–water partition coefficient (Wildman–Crippen LogP) is 1.24. The Balaban J connectivity index is 2.18. The highest BCUT2D eigenvalue weighted by Crippen LogP contribution is 2.24. The van der Waals surface area contributed by atoms with Crippen LogP contribution in [-0.4, -0.2) is 48.1 Å². The first-order valence-electron chi connectivity index (χ1n) is 5.77. The van der Waals surface area contributed by atoms with Crippen molar-refractivity contribution in [3.05, 3.63) is 11.5 Å². The number of halogens is 1. The molecule has 0 bridgehead atoms. The molecule has 2 rings (SSSR count). The van der Waals surface area contributed by atoms with Gasteiger partial charge in [0, 0.05) is 19.6 Å². The first-order valence-corrected chi connectivity index (χ1v) is 6.15. The van der Waals surface area contributed by atoms with E-state index in [1.54, 1.807) is 6.20 Å². The van der Waals surface area contributed by atoms with E-state index in [9.17, 15) is 0 Å². The molecule has 17 heavy (non-hydrogen) atoms. The molecule has 1 atom stereocenters. The Kier molecular flexibility index (Phi) is 3.69. The van der Waals surface area contributed by atoms with Crippen molar-refractivity contribution in [1.82, 2.24) is 14.9 Å². The van der Waals surface area contributed by atoms with Crippen LogP contribution in [0.3, 0.4) is 0 Å². The summed E-state index contributed by atoms with van der Waals surface area (Å²) in [7, 11) is 4.15. The number of piperidine rings is 1. The van der Waals surface area contributed by atoms with E-state index >= 15 is 0 Å². The zero-order valence-electron chi connectivity index (χ0n) is 10.2. The van der Waals surface area contributed by atoms with Gasteiger partial charge in [-0.2, -0.15) is 4.98 Å². The van der Waals surface area contributed by atoms with E-state index < -0.39 is 0 Å². The molecule has 0 radical (unpaired) electrons. The summed E-state index contributed by atoms with van der Waals surface area (Å²) < 4.78 is 0. The van der Waals surface area contributed by atoms with Crippen molar-refractivity contribution in [2.24, 2.45) is 0 Å². The van der Waals surface area contributed by atoms with Crippen molar-refractivity contribution in [2.75, 3.05) is 37.8 Å². The number of hydrogen-bond acceptors (Lipinski definition) is 5. The van der Waals surface area contributed by atoms with Gasteiger partial charge in [-0.15, -0.1) is 0 Å². The van der Waals surface area contributed by atoms with Gasteiger partial charge in [0.05, 0.1) is 11.9 Å². The monoisotopic (exact) mass is 255 g/mol. The Bertz CT molecular complexity index is 397. The molecule has 5 nitrogen and oxygen atoms in total. The molecular weight excluding hydrogens is 238 g/mol.